The highest BCUT2D eigenvalue weighted by Crippen LogP contribution is 2.27. The maximum Gasteiger partial charge on any atom is 0.191 e. The molecule has 0 bridgehead atoms. The van der Waals surface area contributed by atoms with Crippen LogP contribution < -0.4 is 15.4 Å². The van der Waals surface area contributed by atoms with Crippen LogP contribution in [0.5, 0.6) is 5.75 Å². The van der Waals surface area contributed by atoms with Crippen LogP contribution in [0.4, 0.5) is 0 Å². The fourth-order valence-corrected chi connectivity index (χ4v) is 3.76. The van der Waals surface area contributed by atoms with Gasteiger partial charge in [0.05, 0.1) is 7.11 Å². The summed E-state index contributed by atoms with van der Waals surface area (Å²) < 4.78 is 5.18. The van der Waals surface area contributed by atoms with Crippen molar-refractivity contribution in [1.82, 2.24) is 10.6 Å². The van der Waals surface area contributed by atoms with Crippen LogP contribution in [-0.4, -0.2) is 44.2 Å². The molecule has 24 heavy (non-hydrogen) atoms. The number of nitrogens with one attached hydrogen (secondary N) is 2. The molecule has 1 aliphatic rings. The third-order valence-corrected chi connectivity index (χ3v) is 5.47. The number of hydrogen-bond donors (Lipinski definition) is 2. The summed E-state index contributed by atoms with van der Waals surface area (Å²) in [5.41, 5.74) is 1.34. The van der Waals surface area contributed by atoms with E-state index in [1.165, 1.54) is 24.8 Å². The number of ether oxygens (including phenoxy) is 1. The molecule has 0 saturated heterocycles. The van der Waals surface area contributed by atoms with Gasteiger partial charge in [-0.3, -0.25) is 4.99 Å². The van der Waals surface area contributed by atoms with Crippen LogP contribution in [0, 0.1) is 0 Å². The molecule has 2 rings (SSSR count). The predicted molar refractivity (Wildman–Crippen MR) is 116 cm³/mol. The lowest BCUT2D eigenvalue weighted by molar-refractivity contribution is 0.414. The topological polar surface area (TPSA) is 45.7 Å². The lowest BCUT2D eigenvalue weighted by atomic mass is 10.1. The molecule has 0 aliphatic heterocycles. The highest BCUT2D eigenvalue weighted by Gasteiger charge is 2.24. The van der Waals surface area contributed by atoms with Gasteiger partial charge < -0.3 is 15.4 Å². The second-order valence-electron chi connectivity index (χ2n) is 5.96. The maximum absolute atomic E-state index is 5.18. The molecule has 0 heterocycles. The summed E-state index contributed by atoms with van der Waals surface area (Å²) in [5.74, 6) is 1.85. The molecule has 0 amide bonds. The van der Waals surface area contributed by atoms with Crippen molar-refractivity contribution in [2.75, 3.05) is 27.0 Å². The fourth-order valence-electron chi connectivity index (χ4n) is 2.96. The van der Waals surface area contributed by atoms with Gasteiger partial charge in [-0.25, -0.2) is 0 Å². The number of rotatable bonds is 7. The van der Waals surface area contributed by atoms with Crippen LogP contribution in [0.25, 0.3) is 0 Å². The number of nitrogens with zero attached hydrogens (tertiary/aromatic N) is 1. The molecule has 2 unspecified atom stereocenters. The molecule has 0 radical (unpaired) electrons. The van der Waals surface area contributed by atoms with Crippen molar-refractivity contribution in [1.29, 1.82) is 0 Å². The quantitative estimate of drug-likeness (QED) is 0.280. The Morgan fingerprint density at radius 1 is 1.29 bits per heavy atom. The second-order valence-corrected chi connectivity index (χ2v) is 7.10. The fraction of sp³-hybridized carbons (Fsp3) is 0.611. The van der Waals surface area contributed by atoms with Gasteiger partial charge in [0.1, 0.15) is 5.75 Å². The van der Waals surface area contributed by atoms with Gasteiger partial charge in [-0.2, -0.15) is 11.8 Å². The summed E-state index contributed by atoms with van der Waals surface area (Å²) in [6.45, 7) is 0.935. The first-order valence-corrected chi connectivity index (χ1v) is 9.67. The third-order valence-electron chi connectivity index (χ3n) is 4.38. The molecule has 2 N–H and O–H groups in total. The van der Waals surface area contributed by atoms with E-state index < -0.39 is 0 Å². The molecule has 1 aliphatic carbocycles. The molecular formula is C18H30IN3OS. The van der Waals surface area contributed by atoms with Crippen LogP contribution in [0.1, 0.15) is 31.2 Å². The molecule has 6 heteroatoms. The van der Waals surface area contributed by atoms with Gasteiger partial charge in [0.15, 0.2) is 5.96 Å². The van der Waals surface area contributed by atoms with E-state index in [4.69, 9.17) is 4.74 Å². The van der Waals surface area contributed by atoms with Crippen LogP contribution in [0.2, 0.25) is 0 Å². The van der Waals surface area contributed by atoms with Crippen molar-refractivity contribution < 1.29 is 4.74 Å². The van der Waals surface area contributed by atoms with Crippen molar-refractivity contribution in [2.24, 2.45) is 4.99 Å². The monoisotopic (exact) mass is 463 g/mol. The molecule has 1 aromatic rings. The lowest BCUT2D eigenvalue weighted by Crippen LogP contribution is -2.42. The highest BCUT2D eigenvalue weighted by molar-refractivity contribution is 14.0. The standard InChI is InChI=1S/C18H29N3OS.HI/c1-19-18(21-15-8-11-17(13-15)23-3)20-12-4-5-14-6-9-16(22-2)10-7-14;/h6-7,9-10,15,17H,4-5,8,11-13H2,1-3H3,(H2,19,20,21);1H. The summed E-state index contributed by atoms with van der Waals surface area (Å²) in [4.78, 5) is 4.34. The van der Waals surface area contributed by atoms with Gasteiger partial charge in [-0.1, -0.05) is 12.1 Å². The molecule has 0 aromatic heterocycles. The third kappa shape index (κ3) is 7.09. The Bertz CT molecular complexity index is 496. The second kappa shape index (κ2) is 11.8. The first-order valence-electron chi connectivity index (χ1n) is 8.38. The summed E-state index contributed by atoms with van der Waals surface area (Å²) in [6, 6.07) is 8.87. The van der Waals surface area contributed by atoms with E-state index in [9.17, 15) is 0 Å². The molecular weight excluding hydrogens is 433 g/mol. The summed E-state index contributed by atoms with van der Waals surface area (Å²) >= 11 is 1.98. The molecule has 0 spiro atoms. The van der Waals surface area contributed by atoms with Gasteiger partial charge in [0.2, 0.25) is 0 Å². The van der Waals surface area contributed by atoms with Crippen molar-refractivity contribution in [3.63, 3.8) is 0 Å². The number of benzene rings is 1. The Labute approximate surface area is 167 Å². The van der Waals surface area contributed by atoms with Gasteiger partial charge >= 0.3 is 0 Å². The van der Waals surface area contributed by atoms with E-state index >= 15 is 0 Å². The molecule has 1 saturated carbocycles. The Kier molecular flexibility index (Phi) is 10.6. The zero-order valence-electron chi connectivity index (χ0n) is 14.9. The van der Waals surface area contributed by atoms with Crippen LogP contribution in [0.15, 0.2) is 29.3 Å². The van der Waals surface area contributed by atoms with E-state index in [1.54, 1.807) is 7.11 Å². The Balaban J connectivity index is 0.00000288. The number of aliphatic imine (C=N–C) groups is 1. The number of aryl methyl sites for hydroxylation is 1. The Hall–Kier alpha value is -0.630. The number of methoxy groups -OCH3 is 1. The SMILES string of the molecule is CN=C(NCCCc1ccc(OC)cc1)NC1CCC(SC)C1.I. The lowest BCUT2D eigenvalue weighted by Gasteiger charge is -2.17. The number of halogens is 1. The first-order chi connectivity index (χ1) is 11.2. The number of thioether (sulfide) groups is 1. The molecule has 2 atom stereocenters. The van der Waals surface area contributed by atoms with E-state index in [2.05, 4.69) is 34.0 Å². The van der Waals surface area contributed by atoms with Crippen molar-refractivity contribution in [3.05, 3.63) is 29.8 Å². The van der Waals surface area contributed by atoms with Gasteiger partial charge in [0, 0.05) is 24.9 Å². The van der Waals surface area contributed by atoms with E-state index in [1.807, 2.05) is 30.9 Å². The van der Waals surface area contributed by atoms with Gasteiger partial charge in [-0.15, -0.1) is 24.0 Å². The number of guanidine groups is 1. The van der Waals surface area contributed by atoms with Gasteiger partial charge in [0.25, 0.3) is 0 Å². The van der Waals surface area contributed by atoms with Crippen LogP contribution in [-0.2, 0) is 6.42 Å². The average molecular weight is 463 g/mol. The molecule has 136 valence electrons. The zero-order chi connectivity index (χ0) is 16.5. The summed E-state index contributed by atoms with van der Waals surface area (Å²) in [5, 5.41) is 7.79. The average Bonchev–Trinajstić information content (AvgIpc) is 3.05. The highest BCUT2D eigenvalue weighted by atomic mass is 127. The molecule has 1 aromatic carbocycles. The predicted octanol–water partition coefficient (Wildman–Crippen LogP) is 3.69. The minimum absolute atomic E-state index is 0. The normalized spacial score (nSPS) is 20.4. The van der Waals surface area contributed by atoms with E-state index in [-0.39, 0.29) is 24.0 Å². The van der Waals surface area contributed by atoms with Gasteiger partial charge in [-0.05, 0) is 56.1 Å². The first kappa shape index (κ1) is 21.4. The maximum atomic E-state index is 5.18. The van der Waals surface area contributed by atoms with Crippen molar-refractivity contribution in [2.45, 2.75) is 43.4 Å². The minimum Gasteiger partial charge on any atom is -0.497 e. The smallest absolute Gasteiger partial charge is 0.191 e. The summed E-state index contributed by atoms with van der Waals surface area (Å²) in [6.07, 6.45) is 8.16. The van der Waals surface area contributed by atoms with Crippen molar-refractivity contribution >= 4 is 41.7 Å². The largest absolute Gasteiger partial charge is 0.497 e. The van der Waals surface area contributed by atoms with Crippen LogP contribution in [0.3, 0.4) is 0 Å². The molecule has 1 fully saturated rings. The molecule has 4 nitrogen and oxygen atoms in total. The number of hydrogen-bond acceptors (Lipinski definition) is 3. The Morgan fingerprint density at radius 2 is 2.04 bits per heavy atom. The van der Waals surface area contributed by atoms with E-state index in [0.29, 0.717) is 6.04 Å². The van der Waals surface area contributed by atoms with Crippen molar-refractivity contribution in [3.8, 4) is 5.75 Å². The summed E-state index contributed by atoms with van der Waals surface area (Å²) in [7, 11) is 3.54. The zero-order valence-corrected chi connectivity index (χ0v) is 18.0. The van der Waals surface area contributed by atoms with Crippen LogP contribution >= 0.6 is 35.7 Å². The minimum atomic E-state index is 0. The van der Waals surface area contributed by atoms with E-state index in [0.717, 1.165) is 36.3 Å². The Morgan fingerprint density at radius 3 is 2.62 bits per heavy atom.